The lowest BCUT2D eigenvalue weighted by atomic mass is 10.4. The molecule has 0 radical (unpaired) electrons. The fourth-order valence-corrected chi connectivity index (χ4v) is 1.77. The standard InChI is InChI=1S/C8H16O2Si/c1-7(9)6-8(2)10-11(3,4)5/h6,9H,1H2,2-5H3/b8-6-. The van der Waals surface area contributed by atoms with E-state index in [4.69, 9.17) is 9.53 Å². The summed E-state index contributed by atoms with van der Waals surface area (Å²) >= 11 is 0. The van der Waals surface area contributed by atoms with Gasteiger partial charge in [-0.05, 0) is 26.6 Å². The van der Waals surface area contributed by atoms with Gasteiger partial charge in [-0.2, -0.15) is 0 Å². The van der Waals surface area contributed by atoms with Crippen molar-refractivity contribution in [3.05, 3.63) is 24.2 Å². The van der Waals surface area contributed by atoms with Gasteiger partial charge >= 0.3 is 0 Å². The van der Waals surface area contributed by atoms with E-state index in [0.29, 0.717) is 0 Å². The van der Waals surface area contributed by atoms with Crippen molar-refractivity contribution in [3.63, 3.8) is 0 Å². The Labute approximate surface area is 69.3 Å². The zero-order valence-electron chi connectivity index (χ0n) is 7.64. The molecule has 0 atom stereocenters. The highest BCUT2D eigenvalue weighted by Crippen LogP contribution is 2.10. The van der Waals surface area contributed by atoms with Crippen LogP contribution in [0.15, 0.2) is 24.2 Å². The number of aliphatic hydroxyl groups excluding tert-OH is 1. The molecule has 0 rings (SSSR count). The average Bonchev–Trinajstić information content (AvgIpc) is 1.53. The van der Waals surface area contributed by atoms with Crippen LogP contribution in [0.2, 0.25) is 19.6 Å². The van der Waals surface area contributed by atoms with Crippen LogP contribution in [0.3, 0.4) is 0 Å². The van der Waals surface area contributed by atoms with Gasteiger partial charge < -0.3 is 9.53 Å². The minimum atomic E-state index is -1.51. The Morgan fingerprint density at radius 2 is 1.91 bits per heavy atom. The molecule has 0 fully saturated rings. The monoisotopic (exact) mass is 172 g/mol. The summed E-state index contributed by atoms with van der Waals surface area (Å²) in [6.45, 7) is 11.4. The number of allylic oxidation sites excluding steroid dienone is 2. The van der Waals surface area contributed by atoms with E-state index < -0.39 is 8.32 Å². The molecule has 0 aliphatic heterocycles. The molecule has 0 unspecified atom stereocenters. The van der Waals surface area contributed by atoms with Crippen molar-refractivity contribution in [3.8, 4) is 0 Å². The molecule has 11 heavy (non-hydrogen) atoms. The molecule has 0 aliphatic carbocycles. The Morgan fingerprint density at radius 3 is 2.18 bits per heavy atom. The van der Waals surface area contributed by atoms with E-state index in [1.807, 2.05) is 6.92 Å². The summed E-state index contributed by atoms with van der Waals surface area (Å²) in [5, 5.41) is 8.78. The third-order valence-corrected chi connectivity index (χ3v) is 1.77. The predicted molar refractivity (Wildman–Crippen MR) is 50.0 cm³/mol. The fraction of sp³-hybridized carbons (Fsp3) is 0.500. The highest BCUT2D eigenvalue weighted by molar-refractivity contribution is 6.70. The number of hydrogen-bond donors (Lipinski definition) is 1. The largest absolute Gasteiger partial charge is 0.547 e. The minimum absolute atomic E-state index is 0.0424. The second kappa shape index (κ2) is 3.62. The van der Waals surface area contributed by atoms with Crippen LogP contribution in [0.1, 0.15) is 6.92 Å². The highest BCUT2D eigenvalue weighted by atomic mass is 28.4. The van der Waals surface area contributed by atoms with E-state index in [0.717, 1.165) is 5.76 Å². The molecule has 2 nitrogen and oxygen atoms in total. The van der Waals surface area contributed by atoms with E-state index >= 15 is 0 Å². The van der Waals surface area contributed by atoms with Crippen LogP contribution in [-0.4, -0.2) is 13.4 Å². The van der Waals surface area contributed by atoms with Crippen molar-refractivity contribution in [2.75, 3.05) is 0 Å². The van der Waals surface area contributed by atoms with E-state index in [-0.39, 0.29) is 5.76 Å². The van der Waals surface area contributed by atoms with Crippen LogP contribution < -0.4 is 0 Å². The molecule has 0 spiro atoms. The first kappa shape index (κ1) is 10.3. The van der Waals surface area contributed by atoms with Crippen LogP contribution in [-0.2, 0) is 4.43 Å². The van der Waals surface area contributed by atoms with Crippen molar-refractivity contribution >= 4 is 8.32 Å². The zero-order valence-corrected chi connectivity index (χ0v) is 8.64. The molecule has 0 heterocycles. The summed E-state index contributed by atoms with van der Waals surface area (Å²) in [5.74, 6) is 0.775. The smallest absolute Gasteiger partial charge is 0.241 e. The van der Waals surface area contributed by atoms with Gasteiger partial charge in [0.25, 0.3) is 0 Å². The zero-order chi connectivity index (χ0) is 9.07. The highest BCUT2D eigenvalue weighted by Gasteiger charge is 2.15. The number of aliphatic hydroxyl groups is 1. The Hall–Kier alpha value is -0.703. The van der Waals surface area contributed by atoms with Crippen LogP contribution in [0, 0.1) is 0 Å². The van der Waals surface area contributed by atoms with Gasteiger partial charge in [-0.25, -0.2) is 0 Å². The quantitative estimate of drug-likeness (QED) is 0.403. The minimum Gasteiger partial charge on any atom is -0.547 e. The molecule has 3 heteroatoms. The third-order valence-electron chi connectivity index (χ3n) is 0.837. The van der Waals surface area contributed by atoms with Crippen LogP contribution in [0.4, 0.5) is 0 Å². The molecule has 0 amide bonds. The van der Waals surface area contributed by atoms with Gasteiger partial charge in [-0.3, -0.25) is 0 Å². The van der Waals surface area contributed by atoms with Crippen molar-refractivity contribution < 1.29 is 9.53 Å². The van der Waals surface area contributed by atoms with Crippen LogP contribution in [0.5, 0.6) is 0 Å². The number of hydrogen-bond acceptors (Lipinski definition) is 2. The van der Waals surface area contributed by atoms with Crippen molar-refractivity contribution in [2.45, 2.75) is 26.6 Å². The summed E-state index contributed by atoms with van der Waals surface area (Å²) in [4.78, 5) is 0. The molecule has 0 aromatic heterocycles. The van der Waals surface area contributed by atoms with Gasteiger partial charge in [-0.15, -0.1) is 0 Å². The van der Waals surface area contributed by atoms with E-state index in [9.17, 15) is 0 Å². The summed E-state index contributed by atoms with van der Waals surface area (Å²) in [6, 6.07) is 0. The van der Waals surface area contributed by atoms with Crippen LogP contribution >= 0.6 is 0 Å². The lowest BCUT2D eigenvalue weighted by Crippen LogP contribution is -2.24. The van der Waals surface area contributed by atoms with Crippen LogP contribution in [0.25, 0.3) is 0 Å². The van der Waals surface area contributed by atoms with Gasteiger partial charge in [-0.1, -0.05) is 6.58 Å². The molecular formula is C8H16O2Si. The maximum Gasteiger partial charge on any atom is 0.241 e. The lowest BCUT2D eigenvalue weighted by Gasteiger charge is -2.19. The van der Waals surface area contributed by atoms with E-state index in [1.54, 1.807) is 0 Å². The Bertz CT molecular complexity index is 177. The second-order valence-electron chi connectivity index (χ2n) is 3.46. The molecule has 0 saturated heterocycles. The summed E-state index contributed by atoms with van der Waals surface area (Å²) in [5.41, 5.74) is 0. The molecule has 0 aliphatic rings. The van der Waals surface area contributed by atoms with Gasteiger partial charge in [0, 0.05) is 6.08 Å². The topological polar surface area (TPSA) is 29.5 Å². The van der Waals surface area contributed by atoms with Crippen molar-refractivity contribution in [2.24, 2.45) is 0 Å². The molecule has 0 saturated carbocycles. The first-order valence-electron chi connectivity index (χ1n) is 3.56. The molecule has 0 aromatic carbocycles. The van der Waals surface area contributed by atoms with Crippen molar-refractivity contribution in [1.29, 1.82) is 0 Å². The average molecular weight is 172 g/mol. The summed E-state index contributed by atoms with van der Waals surface area (Å²) in [6.07, 6.45) is 1.53. The van der Waals surface area contributed by atoms with Gasteiger partial charge in [0.15, 0.2) is 0 Å². The van der Waals surface area contributed by atoms with Gasteiger partial charge in [0.1, 0.15) is 5.76 Å². The molecular weight excluding hydrogens is 156 g/mol. The molecule has 0 aromatic rings. The third kappa shape index (κ3) is 7.19. The Morgan fingerprint density at radius 1 is 1.45 bits per heavy atom. The maximum atomic E-state index is 8.78. The first-order valence-corrected chi connectivity index (χ1v) is 6.97. The fourth-order valence-electron chi connectivity index (χ4n) is 0.747. The number of rotatable bonds is 3. The SMILES string of the molecule is C=C(O)/C=C(/C)O[Si](C)(C)C. The van der Waals surface area contributed by atoms with Gasteiger partial charge in [0.2, 0.25) is 8.32 Å². The second-order valence-corrected chi connectivity index (χ2v) is 7.89. The van der Waals surface area contributed by atoms with E-state index in [1.165, 1.54) is 6.08 Å². The molecule has 1 N–H and O–H groups in total. The first-order chi connectivity index (χ1) is 4.81. The molecule has 64 valence electrons. The molecule has 0 bridgehead atoms. The predicted octanol–water partition coefficient (Wildman–Crippen LogP) is 2.81. The van der Waals surface area contributed by atoms with E-state index in [2.05, 4.69) is 26.2 Å². The maximum absolute atomic E-state index is 8.78. The Kier molecular flexibility index (Phi) is 3.39. The van der Waals surface area contributed by atoms with Gasteiger partial charge in [0.05, 0.1) is 5.76 Å². The Balaban J connectivity index is 4.07. The lowest BCUT2D eigenvalue weighted by molar-refractivity contribution is 0.402. The summed E-state index contributed by atoms with van der Waals surface area (Å²) < 4.78 is 5.53. The normalized spacial score (nSPS) is 12.9. The summed E-state index contributed by atoms with van der Waals surface area (Å²) in [7, 11) is -1.51. The van der Waals surface area contributed by atoms with Crippen molar-refractivity contribution in [1.82, 2.24) is 0 Å².